The SMILES string of the molecule is NC(=O)c1cc(Cl)ccc1Oc1ccc([N+](=O)[O-])cc1Cl. The molecule has 0 bridgehead atoms. The van der Waals surface area contributed by atoms with Crippen LogP contribution in [0.2, 0.25) is 10.0 Å². The minimum Gasteiger partial charge on any atom is -0.455 e. The fourth-order valence-corrected chi connectivity index (χ4v) is 1.97. The second-order valence-electron chi connectivity index (χ2n) is 3.98. The van der Waals surface area contributed by atoms with Crippen LogP contribution < -0.4 is 10.5 Å². The molecule has 2 rings (SSSR count). The van der Waals surface area contributed by atoms with Crippen LogP contribution >= 0.6 is 23.2 Å². The lowest BCUT2D eigenvalue weighted by Gasteiger charge is -2.10. The van der Waals surface area contributed by atoms with Gasteiger partial charge in [0, 0.05) is 17.2 Å². The molecule has 2 aromatic rings. The van der Waals surface area contributed by atoms with Gasteiger partial charge in [0.15, 0.2) is 0 Å². The summed E-state index contributed by atoms with van der Waals surface area (Å²) in [5, 5.41) is 11.0. The van der Waals surface area contributed by atoms with Gasteiger partial charge in [-0.1, -0.05) is 23.2 Å². The number of rotatable bonds is 4. The van der Waals surface area contributed by atoms with Crippen LogP contribution in [0.15, 0.2) is 36.4 Å². The Morgan fingerprint density at radius 1 is 1.14 bits per heavy atom. The van der Waals surface area contributed by atoms with E-state index in [0.29, 0.717) is 5.02 Å². The van der Waals surface area contributed by atoms with E-state index in [0.717, 1.165) is 6.07 Å². The molecule has 0 saturated heterocycles. The van der Waals surface area contributed by atoms with Crippen molar-refractivity contribution in [2.45, 2.75) is 0 Å². The van der Waals surface area contributed by atoms with Gasteiger partial charge >= 0.3 is 0 Å². The van der Waals surface area contributed by atoms with Gasteiger partial charge in [-0.2, -0.15) is 0 Å². The predicted octanol–water partition coefficient (Wildman–Crippen LogP) is 3.79. The van der Waals surface area contributed by atoms with Crippen LogP contribution in [0.4, 0.5) is 5.69 Å². The average molecular weight is 327 g/mol. The standard InChI is InChI=1S/C13H8Cl2N2O4/c14-7-1-3-11(9(5-7)13(16)18)21-12-4-2-8(17(19)20)6-10(12)15/h1-6H,(H2,16,18). The molecule has 21 heavy (non-hydrogen) atoms. The first kappa shape index (κ1) is 15.1. The van der Waals surface area contributed by atoms with Crippen molar-refractivity contribution < 1.29 is 14.5 Å². The molecule has 0 unspecified atom stereocenters. The van der Waals surface area contributed by atoms with E-state index >= 15 is 0 Å². The summed E-state index contributed by atoms with van der Waals surface area (Å²) in [6, 6.07) is 8.05. The summed E-state index contributed by atoms with van der Waals surface area (Å²) in [6.45, 7) is 0. The lowest BCUT2D eigenvalue weighted by molar-refractivity contribution is -0.384. The number of carbonyl (C=O) groups excluding carboxylic acids is 1. The van der Waals surface area contributed by atoms with Gasteiger partial charge in [0.25, 0.3) is 11.6 Å². The molecule has 0 aromatic heterocycles. The van der Waals surface area contributed by atoms with Crippen molar-refractivity contribution in [1.82, 2.24) is 0 Å². The Hall–Kier alpha value is -2.31. The molecule has 0 aliphatic heterocycles. The summed E-state index contributed by atoms with van der Waals surface area (Å²) in [5.74, 6) is -0.403. The topological polar surface area (TPSA) is 95.5 Å². The number of carbonyl (C=O) groups is 1. The van der Waals surface area contributed by atoms with E-state index in [-0.39, 0.29) is 27.8 Å². The van der Waals surface area contributed by atoms with Gasteiger partial charge in [0.2, 0.25) is 0 Å². The largest absolute Gasteiger partial charge is 0.455 e. The van der Waals surface area contributed by atoms with Crippen molar-refractivity contribution >= 4 is 34.8 Å². The van der Waals surface area contributed by atoms with Gasteiger partial charge in [-0.25, -0.2) is 0 Å². The average Bonchev–Trinajstić information content (AvgIpc) is 2.42. The Bertz CT molecular complexity index is 734. The third-order valence-corrected chi connectivity index (χ3v) is 3.08. The van der Waals surface area contributed by atoms with Crippen molar-refractivity contribution in [1.29, 1.82) is 0 Å². The lowest BCUT2D eigenvalue weighted by atomic mass is 10.2. The molecular formula is C13H8Cl2N2O4. The predicted molar refractivity (Wildman–Crippen MR) is 78.2 cm³/mol. The van der Waals surface area contributed by atoms with Crippen LogP contribution in [0.5, 0.6) is 11.5 Å². The zero-order valence-corrected chi connectivity index (χ0v) is 11.9. The van der Waals surface area contributed by atoms with Gasteiger partial charge < -0.3 is 10.5 Å². The van der Waals surface area contributed by atoms with Crippen LogP contribution in [-0.4, -0.2) is 10.8 Å². The number of benzene rings is 2. The number of nitrogens with zero attached hydrogens (tertiary/aromatic N) is 1. The Morgan fingerprint density at radius 2 is 1.81 bits per heavy atom. The summed E-state index contributed by atoms with van der Waals surface area (Å²) < 4.78 is 5.48. The molecule has 6 nitrogen and oxygen atoms in total. The van der Waals surface area contributed by atoms with Crippen molar-refractivity contribution in [3.8, 4) is 11.5 Å². The Morgan fingerprint density at radius 3 is 2.38 bits per heavy atom. The molecule has 8 heteroatoms. The molecule has 0 fully saturated rings. The Balaban J connectivity index is 2.39. The summed E-state index contributed by atoms with van der Waals surface area (Å²) in [7, 11) is 0. The fourth-order valence-electron chi connectivity index (χ4n) is 1.59. The zero-order valence-electron chi connectivity index (χ0n) is 10.4. The molecule has 0 aliphatic rings. The molecule has 0 spiro atoms. The highest BCUT2D eigenvalue weighted by Gasteiger charge is 2.15. The van der Waals surface area contributed by atoms with Gasteiger partial charge in [-0.3, -0.25) is 14.9 Å². The highest BCUT2D eigenvalue weighted by molar-refractivity contribution is 6.32. The molecular weight excluding hydrogens is 319 g/mol. The van der Waals surface area contributed by atoms with Crippen molar-refractivity contribution in [3.05, 3.63) is 62.1 Å². The quantitative estimate of drug-likeness (QED) is 0.682. The highest BCUT2D eigenvalue weighted by atomic mass is 35.5. The number of ether oxygens (including phenoxy) is 1. The normalized spacial score (nSPS) is 10.2. The van der Waals surface area contributed by atoms with E-state index < -0.39 is 10.8 Å². The van der Waals surface area contributed by atoms with E-state index in [4.69, 9.17) is 33.7 Å². The molecule has 0 atom stereocenters. The van der Waals surface area contributed by atoms with Crippen LogP contribution in [-0.2, 0) is 0 Å². The first-order valence-corrected chi connectivity index (χ1v) is 6.35. The molecule has 2 N–H and O–H groups in total. The van der Waals surface area contributed by atoms with Crippen molar-refractivity contribution in [2.24, 2.45) is 5.73 Å². The number of hydrogen-bond acceptors (Lipinski definition) is 4. The van der Waals surface area contributed by atoms with Crippen LogP contribution in [0.1, 0.15) is 10.4 Å². The van der Waals surface area contributed by atoms with Crippen molar-refractivity contribution in [2.75, 3.05) is 0 Å². The minimum atomic E-state index is -0.717. The second kappa shape index (κ2) is 5.99. The van der Waals surface area contributed by atoms with E-state index in [1.165, 1.54) is 30.3 Å². The zero-order chi connectivity index (χ0) is 15.6. The molecule has 0 radical (unpaired) electrons. The maximum Gasteiger partial charge on any atom is 0.271 e. The van der Waals surface area contributed by atoms with Gasteiger partial charge in [-0.05, 0) is 24.3 Å². The molecule has 0 saturated carbocycles. The smallest absolute Gasteiger partial charge is 0.271 e. The van der Waals surface area contributed by atoms with Crippen LogP contribution in [0, 0.1) is 10.1 Å². The number of amides is 1. The van der Waals surface area contributed by atoms with Gasteiger partial charge in [0.05, 0.1) is 15.5 Å². The van der Waals surface area contributed by atoms with Crippen molar-refractivity contribution in [3.63, 3.8) is 0 Å². The second-order valence-corrected chi connectivity index (χ2v) is 4.82. The Kier molecular flexibility index (Phi) is 4.30. The van der Waals surface area contributed by atoms with E-state index in [2.05, 4.69) is 0 Å². The number of nitro groups is 1. The molecule has 0 aliphatic carbocycles. The Labute approximate surface area is 129 Å². The molecule has 108 valence electrons. The van der Waals surface area contributed by atoms with Gasteiger partial charge in [0.1, 0.15) is 11.5 Å². The van der Waals surface area contributed by atoms with Crippen LogP contribution in [0.3, 0.4) is 0 Å². The molecule has 2 aromatic carbocycles. The fraction of sp³-hybridized carbons (Fsp3) is 0. The maximum atomic E-state index is 11.4. The number of non-ortho nitro benzene ring substituents is 1. The first-order chi connectivity index (χ1) is 9.88. The van der Waals surface area contributed by atoms with E-state index in [9.17, 15) is 14.9 Å². The summed E-state index contributed by atoms with van der Waals surface area (Å²) >= 11 is 11.7. The van der Waals surface area contributed by atoms with Crippen LogP contribution in [0.25, 0.3) is 0 Å². The summed E-state index contributed by atoms with van der Waals surface area (Å²) in [5.41, 5.74) is 5.15. The summed E-state index contributed by atoms with van der Waals surface area (Å²) in [4.78, 5) is 21.4. The molecule has 0 heterocycles. The first-order valence-electron chi connectivity index (χ1n) is 5.59. The lowest BCUT2D eigenvalue weighted by Crippen LogP contribution is -2.12. The number of primary amides is 1. The number of hydrogen-bond donors (Lipinski definition) is 1. The minimum absolute atomic E-state index is 0.0366. The number of nitrogens with two attached hydrogens (primary N) is 1. The molecule has 1 amide bonds. The maximum absolute atomic E-state index is 11.4. The third-order valence-electron chi connectivity index (χ3n) is 2.55. The van der Waals surface area contributed by atoms with E-state index in [1.54, 1.807) is 0 Å². The number of nitro benzene ring substituents is 1. The number of halogens is 2. The third kappa shape index (κ3) is 3.42. The highest BCUT2D eigenvalue weighted by Crippen LogP contribution is 2.34. The monoisotopic (exact) mass is 326 g/mol. The van der Waals surface area contributed by atoms with E-state index in [1.807, 2.05) is 0 Å². The van der Waals surface area contributed by atoms with Gasteiger partial charge in [-0.15, -0.1) is 0 Å². The summed E-state index contributed by atoms with van der Waals surface area (Å²) in [6.07, 6.45) is 0.